The number of nitrogens with one attached hydrogen (secondary N) is 2. The molecule has 2 aliphatic rings. The maximum absolute atomic E-state index is 9.10. The molecule has 0 aromatic rings. The first-order chi connectivity index (χ1) is 8.51. The second kappa shape index (κ2) is 9.77. The second-order valence-electron chi connectivity index (χ2n) is 4.31. The van der Waals surface area contributed by atoms with E-state index in [1.54, 1.807) is 0 Å². The third kappa shape index (κ3) is 12.8. The van der Waals surface area contributed by atoms with Crippen molar-refractivity contribution in [2.45, 2.75) is 25.7 Å². The van der Waals surface area contributed by atoms with Gasteiger partial charge in [-0.15, -0.1) is 0 Å². The summed E-state index contributed by atoms with van der Waals surface area (Å²) in [4.78, 5) is 18.2. The SMILES string of the molecule is NNCC1CC1.NNCC1CC1.O=C(O)C(=O)O. The van der Waals surface area contributed by atoms with Gasteiger partial charge in [0.05, 0.1) is 0 Å². The highest BCUT2D eigenvalue weighted by Gasteiger charge is 2.19. The van der Waals surface area contributed by atoms with Gasteiger partial charge in [-0.2, -0.15) is 0 Å². The Kier molecular flexibility index (Phi) is 9.11. The van der Waals surface area contributed by atoms with E-state index >= 15 is 0 Å². The molecule has 0 bridgehead atoms. The van der Waals surface area contributed by atoms with E-state index in [0.717, 1.165) is 24.9 Å². The molecule has 0 saturated heterocycles. The molecule has 2 aliphatic carbocycles. The molecule has 0 aromatic carbocycles. The molecule has 2 fully saturated rings. The van der Waals surface area contributed by atoms with E-state index in [0.29, 0.717) is 0 Å². The van der Waals surface area contributed by atoms with E-state index in [1.807, 2.05) is 0 Å². The molecule has 0 spiro atoms. The summed E-state index contributed by atoms with van der Waals surface area (Å²) in [5, 5.41) is 14.8. The molecular formula is C10H22N4O4. The summed E-state index contributed by atoms with van der Waals surface area (Å²) >= 11 is 0. The summed E-state index contributed by atoms with van der Waals surface area (Å²) in [7, 11) is 0. The minimum atomic E-state index is -1.82. The Morgan fingerprint density at radius 1 is 0.889 bits per heavy atom. The summed E-state index contributed by atoms with van der Waals surface area (Å²) in [6.07, 6.45) is 5.52. The number of nitrogens with two attached hydrogens (primary N) is 2. The Labute approximate surface area is 106 Å². The quantitative estimate of drug-likeness (QED) is 0.212. The number of carbonyl (C=O) groups is 2. The summed E-state index contributed by atoms with van der Waals surface area (Å²) in [5.74, 6) is 8.21. The number of hydrazine groups is 2. The van der Waals surface area contributed by atoms with Gasteiger partial charge in [-0.3, -0.25) is 22.5 Å². The van der Waals surface area contributed by atoms with Crippen LogP contribution in [-0.4, -0.2) is 35.2 Å². The molecule has 2 rings (SSSR count). The summed E-state index contributed by atoms with van der Waals surface area (Å²) in [5.41, 5.74) is 5.26. The topological polar surface area (TPSA) is 151 Å². The van der Waals surface area contributed by atoms with Crippen LogP contribution in [-0.2, 0) is 9.59 Å². The molecule has 0 aromatic heterocycles. The first-order valence-electron chi connectivity index (χ1n) is 5.84. The molecule has 18 heavy (non-hydrogen) atoms. The molecule has 8 heteroatoms. The number of carboxylic acids is 2. The average molecular weight is 262 g/mol. The van der Waals surface area contributed by atoms with Crippen LogP contribution >= 0.6 is 0 Å². The fourth-order valence-electron chi connectivity index (χ4n) is 0.977. The first-order valence-corrected chi connectivity index (χ1v) is 5.84. The van der Waals surface area contributed by atoms with Crippen molar-refractivity contribution in [2.75, 3.05) is 13.1 Å². The highest BCUT2D eigenvalue weighted by Crippen LogP contribution is 2.27. The lowest BCUT2D eigenvalue weighted by molar-refractivity contribution is -0.159. The summed E-state index contributed by atoms with van der Waals surface area (Å²) in [6.45, 7) is 2.03. The van der Waals surface area contributed by atoms with E-state index in [1.165, 1.54) is 25.7 Å². The van der Waals surface area contributed by atoms with Crippen molar-refractivity contribution in [2.24, 2.45) is 23.5 Å². The predicted octanol–water partition coefficient (Wildman–Crippen LogP) is -1.12. The van der Waals surface area contributed by atoms with Crippen molar-refractivity contribution in [3.05, 3.63) is 0 Å². The zero-order valence-corrected chi connectivity index (χ0v) is 10.3. The molecule has 8 N–H and O–H groups in total. The fraction of sp³-hybridized carbons (Fsp3) is 0.800. The third-order valence-corrected chi connectivity index (χ3v) is 2.39. The highest BCUT2D eigenvalue weighted by molar-refractivity contribution is 6.27. The van der Waals surface area contributed by atoms with Gasteiger partial charge in [0.25, 0.3) is 0 Å². The van der Waals surface area contributed by atoms with E-state index in [-0.39, 0.29) is 0 Å². The normalized spacial score (nSPS) is 16.8. The standard InChI is InChI=1S/2C4H10N2.C2H2O4/c2*5-6-3-4-1-2-4;3-1(4)2(5)6/h2*4,6H,1-3,5H2;(H,3,4)(H,5,6). The van der Waals surface area contributed by atoms with E-state index < -0.39 is 11.9 Å². The molecule has 2 saturated carbocycles. The summed E-state index contributed by atoms with van der Waals surface area (Å²) in [6, 6.07) is 0. The molecule has 0 aliphatic heterocycles. The maximum Gasteiger partial charge on any atom is 0.414 e. The van der Waals surface area contributed by atoms with Gasteiger partial charge in [-0.05, 0) is 37.5 Å². The number of hydrogen-bond donors (Lipinski definition) is 6. The minimum absolute atomic E-state index is 0.912. The Balaban J connectivity index is 0.000000241. The van der Waals surface area contributed by atoms with Crippen molar-refractivity contribution in [1.29, 1.82) is 0 Å². The van der Waals surface area contributed by atoms with E-state index in [2.05, 4.69) is 10.9 Å². The zero-order valence-electron chi connectivity index (χ0n) is 10.3. The minimum Gasteiger partial charge on any atom is -0.473 e. The molecule has 0 radical (unpaired) electrons. The smallest absolute Gasteiger partial charge is 0.414 e. The van der Waals surface area contributed by atoms with Crippen molar-refractivity contribution in [3.63, 3.8) is 0 Å². The van der Waals surface area contributed by atoms with E-state index in [9.17, 15) is 0 Å². The van der Waals surface area contributed by atoms with Crippen LogP contribution in [0.2, 0.25) is 0 Å². The Morgan fingerprint density at radius 2 is 1.17 bits per heavy atom. The zero-order chi connectivity index (χ0) is 14.0. The van der Waals surface area contributed by atoms with Crippen molar-refractivity contribution in [1.82, 2.24) is 10.9 Å². The van der Waals surface area contributed by atoms with Crippen LogP contribution in [0.5, 0.6) is 0 Å². The van der Waals surface area contributed by atoms with Crippen LogP contribution in [0, 0.1) is 11.8 Å². The highest BCUT2D eigenvalue weighted by atomic mass is 16.4. The van der Waals surface area contributed by atoms with Crippen LogP contribution in [0.4, 0.5) is 0 Å². The lowest BCUT2D eigenvalue weighted by Crippen LogP contribution is -2.23. The molecule has 8 nitrogen and oxygen atoms in total. The van der Waals surface area contributed by atoms with Crippen LogP contribution in [0.25, 0.3) is 0 Å². The Bertz CT molecular complexity index is 228. The monoisotopic (exact) mass is 262 g/mol. The van der Waals surface area contributed by atoms with E-state index in [4.69, 9.17) is 31.5 Å². The van der Waals surface area contributed by atoms with Gasteiger partial charge < -0.3 is 10.2 Å². The van der Waals surface area contributed by atoms with Gasteiger partial charge >= 0.3 is 11.9 Å². The molecule has 0 amide bonds. The average Bonchev–Trinajstić information content (AvgIpc) is 3.15. The lowest BCUT2D eigenvalue weighted by atomic mass is 10.4. The number of rotatable bonds is 4. The molecule has 0 atom stereocenters. The first kappa shape index (κ1) is 16.8. The molecule has 0 unspecified atom stereocenters. The van der Waals surface area contributed by atoms with Crippen molar-refractivity contribution < 1.29 is 19.8 Å². The molecular weight excluding hydrogens is 240 g/mol. The molecule has 0 heterocycles. The number of hydrogen-bond acceptors (Lipinski definition) is 6. The van der Waals surface area contributed by atoms with Gasteiger partial charge in [0.2, 0.25) is 0 Å². The Hall–Kier alpha value is -1.22. The largest absolute Gasteiger partial charge is 0.473 e. The third-order valence-electron chi connectivity index (χ3n) is 2.39. The van der Waals surface area contributed by atoms with Gasteiger partial charge in [0, 0.05) is 13.1 Å². The second-order valence-corrected chi connectivity index (χ2v) is 4.31. The van der Waals surface area contributed by atoms with Crippen LogP contribution in [0.15, 0.2) is 0 Å². The van der Waals surface area contributed by atoms with Gasteiger partial charge in [0.1, 0.15) is 0 Å². The predicted molar refractivity (Wildman–Crippen MR) is 65.1 cm³/mol. The van der Waals surface area contributed by atoms with Gasteiger partial charge in [-0.1, -0.05) is 0 Å². The van der Waals surface area contributed by atoms with Crippen LogP contribution in [0.1, 0.15) is 25.7 Å². The maximum atomic E-state index is 9.10. The summed E-state index contributed by atoms with van der Waals surface area (Å²) < 4.78 is 0. The lowest BCUT2D eigenvalue weighted by Gasteiger charge is -1.87. The number of carboxylic acid groups (broad SMARTS) is 2. The van der Waals surface area contributed by atoms with Crippen molar-refractivity contribution >= 4 is 11.9 Å². The van der Waals surface area contributed by atoms with Gasteiger partial charge in [-0.25, -0.2) is 9.59 Å². The number of aliphatic carboxylic acids is 2. The van der Waals surface area contributed by atoms with Crippen molar-refractivity contribution in [3.8, 4) is 0 Å². The van der Waals surface area contributed by atoms with Crippen LogP contribution in [0.3, 0.4) is 0 Å². The Morgan fingerprint density at radius 3 is 1.22 bits per heavy atom. The fourth-order valence-corrected chi connectivity index (χ4v) is 0.977. The molecule has 106 valence electrons. The van der Waals surface area contributed by atoms with Gasteiger partial charge in [0.15, 0.2) is 0 Å². The van der Waals surface area contributed by atoms with Crippen LogP contribution < -0.4 is 22.5 Å².